The Morgan fingerprint density at radius 2 is 1.92 bits per heavy atom. The molecular weight excluding hydrogens is 304 g/mol. The van der Waals surface area contributed by atoms with Crippen LogP contribution in [0.4, 0.5) is 0 Å². The van der Waals surface area contributed by atoms with Crippen LogP contribution < -0.4 is 5.73 Å². The van der Waals surface area contributed by atoms with E-state index in [-0.39, 0.29) is 0 Å². The fraction of sp³-hybridized carbons (Fsp3) is 0.474. The Hall–Kier alpha value is -2.14. The van der Waals surface area contributed by atoms with Crippen LogP contribution in [0.2, 0.25) is 0 Å². The first kappa shape index (κ1) is 18.2. The van der Waals surface area contributed by atoms with Gasteiger partial charge in [0.25, 0.3) is 0 Å². The van der Waals surface area contributed by atoms with Gasteiger partial charge < -0.3 is 10.8 Å². The Balaban J connectivity index is 2.08. The lowest BCUT2D eigenvalue weighted by atomic mass is 9.90. The summed E-state index contributed by atoms with van der Waals surface area (Å²) in [6, 6.07) is 3.79. The predicted molar refractivity (Wildman–Crippen MR) is 94.6 cm³/mol. The predicted octanol–water partition coefficient (Wildman–Crippen LogP) is 2.28. The number of aryl methyl sites for hydroxylation is 3. The standard InChI is InChI=1S/C19H26N2O3/c1-12-9-13(2)16(14(3)10-12)5-4-7-21-8-6-15(19(23)24)11-17(21)18(20)22/h4-5,9-10,15,17H,6-8,11H2,1-3H3,(H2,20,22)(H,23,24)/b5-4+/t15-,17+/m0/s1. The third-order valence-electron chi connectivity index (χ3n) is 4.75. The molecule has 0 bridgehead atoms. The third kappa shape index (κ3) is 4.23. The minimum absolute atomic E-state index is 0.293. The number of rotatable bonds is 5. The zero-order chi connectivity index (χ0) is 17.9. The van der Waals surface area contributed by atoms with E-state index >= 15 is 0 Å². The Morgan fingerprint density at radius 1 is 1.29 bits per heavy atom. The zero-order valence-corrected chi connectivity index (χ0v) is 14.6. The summed E-state index contributed by atoms with van der Waals surface area (Å²) in [4.78, 5) is 24.8. The number of carboxylic acid groups (broad SMARTS) is 1. The molecule has 1 aromatic rings. The van der Waals surface area contributed by atoms with Gasteiger partial charge in [0, 0.05) is 13.1 Å². The number of carboxylic acids is 1. The van der Waals surface area contributed by atoms with Gasteiger partial charge in [-0.3, -0.25) is 14.5 Å². The number of primary amides is 1. The summed E-state index contributed by atoms with van der Waals surface area (Å²) in [6.45, 7) is 7.42. The molecule has 1 heterocycles. The molecule has 1 fully saturated rings. The molecule has 130 valence electrons. The number of likely N-dealkylation sites (tertiary alicyclic amines) is 1. The van der Waals surface area contributed by atoms with Gasteiger partial charge in [0.1, 0.15) is 0 Å². The topological polar surface area (TPSA) is 83.6 Å². The number of aliphatic carboxylic acids is 1. The maximum Gasteiger partial charge on any atom is 0.306 e. The van der Waals surface area contributed by atoms with E-state index < -0.39 is 23.8 Å². The first-order valence-electron chi connectivity index (χ1n) is 8.30. The van der Waals surface area contributed by atoms with Crippen molar-refractivity contribution in [3.05, 3.63) is 40.5 Å². The molecule has 2 rings (SSSR count). The van der Waals surface area contributed by atoms with E-state index in [1.807, 2.05) is 11.0 Å². The van der Waals surface area contributed by atoms with Crippen LogP contribution >= 0.6 is 0 Å². The van der Waals surface area contributed by atoms with Gasteiger partial charge in [-0.15, -0.1) is 0 Å². The van der Waals surface area contributed by atoms with Gasteiger partial charge in [-0.05, 0) is 50.3 Å². The molecule has 0 aliphatic carbocycles. The van der Waals surface area contributed by atoms with Gasteiger partial charge in [-0.2, -0.15) is 0 Å². The molecule has 0 radical (unpaired) electrons. The molecule has 1 aliphatic rings. The molecule has 1 aliphatic heterocycles. The van der Waals surface area contributed by atoms with Gasteiger partial charge in [-0.25, -0.2) is 0 Å². The van der Waals surface area contributed by atoms with Gasteiger partial charge in [0.05, 0.1) is 12.0 Å². The largest absolute Gasteiger partial charge is 0.481 e. The van der Waals surface area contributed by atoms with E-state index in [2.05, 4.69) is 39.0 Å². The van der Waals surface area contributed by atoms with E-state index in [0.29, 0.717) is 25.9 Å². The number of amides is 1. The number of benzene rings is 1. The summed E-state index contributed by atoms with van der Waals surface area (Å²) in [7, 11) is 0. The number of hydrogen-bond acceptors (Lipinski definition) is 3. The lowest BCUT2D eigenvalue weighted by molar-refractivity contribution is -0.144. The second-order valence-corrected chi connectivity index (χ2v) is 6.69. The second kappa shape index (κ2) is 7.62. The van der Waals surface area contributed by atoms with Crippen LogP contribution in [0.1, 0.15) is 35.1 Å². The first-order chi connectivity index (χ1) is 11.3. The van der Waals surface area contributed by atoms with Crippen molar-refractivity contribution in [1.82, 2.24) is 4.90 Å². The lowest BCUT2D eigenvalue weighted by Crippen LogP contribution is -2.50. The van der Waals surface area contributed by atoms with Gasteiger partial charge in [-0.1, -0.05) is 29.8 Å². The second-order valence-electron chi connectivity index (χ2n) is 6.69. The van der Waals surface area contributed by atoms with Crippen LogP contribution in [0.3, 0.4) is 0 Å². The van der Waals surface area contributed by atoms with Crippen molar-refractivity contribution < 1.29 is 14.7 Å². The van der Waals surface area contributed by atoms with Crippen LogP contribution in [-0.4, -0.2) is 41.0 Å². The highest BCUT2D eigenvalue weighted by Gasteiger charge is 2.34. The molecule has 1 amide bonds. The van der Waals surface area contributed by atoms with Gasteiger partial charge in [0.15, 0.2) is 0 Å². The monoisotopic (exact) mass is 330 g/mol. The molecule has 2 atom stereocenters. The van der Waals surface area contributed by atoms with Crippen molar-refractivity contribution >= 4 is 18.0 Å². The highest BCUT2D eigenvalue weighted by molar-refractivity contribution is 5.81. The van der Waals surface area contributed by atoms with E-state index in [4.69, 9.17) is 10.8 Å². The Labute approximate surface area is 143 Å². The Bertz CT molecular complexity index is 644. The Kier molecular flexibility index (Phi) is 5.78. The van der Waals surface area contributed by atoms with E-state index in [1.54, 1.807) is 0 Å². The smallest absolute Gasteiger partial charge is 0.306 e. The lowest BCUT2D eigenvalue weighted by Gasteiger charge is -2.35. The molecule has 0 aromatic heterocycles. The molecule has 5 heteroatoms. The minimum Gasteiger partial charge on any atom is -0.481 e. The summed E-state index contributed by atoms with van der Waals surface area (Å²) >= 11 is 0. The molecule has 5 nitrogen and oxygen atoms in total. The SMILES string of the molecule is Cc1cc(C)c(/C=C/CN2CC[C@H](C(=O)O)C[C@@H]2C(N)=O)c(C)c1. The maximum absolute atomic E-state index is 11.7. The quantitative estimate of drug-likeness (QED) is 0.867. The molecule has 1 aromatic carbocycles. The van der Waals surface area contributed by atoms with Crippen molar-refractivity contribution in [3.8, 4) is 0 Å². The van der Waals surface area contributed by atoms with Crippen LogP contribution in [0.15, 0.2) is 18.2 Å². The average molecular weight is 330 g/mol. The summed E-state index contributed by atoms with van der Waals surface area (Å²) in [5, 5.41) is 9.15. The van der Waals surface area contributed by atoms with E-state index in [9.17, 15) is 9.59 Å². The first-order valence-corrected chi connectivity index (χ1v) is 8.30. The fourth-order valence-electron chi connectivity index (χ4n) is 3.51. The molecule has 0 spiro atoms. The zero-order valence-electron chi connectivity index (χ0n) is 14.6. The van der Waals surface area contributed by atoms with Crippen molar-refractivity contribution in [2.75, 3.05) is 13.1 Å². The molecule has 1 saturated heterocycles. The number of hydrogen-bond donors (Lipinski definition) is 2. The van der Waals surface area contributed by atoms with Crippen molar-refractivity contribution in [2.45, 2.75) is 39.7 Å². The fourth-order valence-corrected chi connectivity index (χ4v) is 3.51. The number of carbonyl (C=O) groups excluding carboxylic acids is 1. The van der Waals surface area contributed by atoms with Crippen LogP contribution in [0.5, 0.6) is 0 Å². The molecular formula is C19H26N2O3. The van der Waals surface area contributed by atoms with Gasteiger partial charge in [0.2, 0.25) is 5.91 Å². The van der Waals surface area contributed by atoms with Crippen LogP contribution in [0.25, 0.3) is 6.08 Å². The number of piperidine rings is 1. The number of nitrogens with two attached hydrogens (primary N) is 1. The highest BCUT2D eigenvalue weighted by atomic mass is 16.4. The van der Waals surface area contributed by atoms with Crippen LogP contribution in [0, 0.1) is 26.7 Å². The number of carbonyl (C=O) groups is 2. The third-order valence-corrected chi connectivity index (χ3v) is 4.75. The summed E-state index contributed by atoms with van der Waals surface area (Å²) in [6.07, 6.45) is 4.95. The molecule has 0 unspecified atom stereocenters. The summed E-state index contributed by atoms with van der Waals surface area (Å²) < 4.78 is 0. The van der Waals surface area contributed by atoms with Crippen molar-refractivity contribution in [3.63, 3.8) is 0 Å². The summed E-state index contributed by atoms with van der Waals surface area (Å²) in [5.41, 5.74) is 10.3. The minimum atomic E-state index is -0.845. The van der Waals surface area contributed by atoms with Crippen LogP contribution in [-0.2, 0) is 9.59 Å². The summed E-state index contributed by atoms with van der Waals surface area (Å²) in [5.74, 6) is -1.77. The van der Waals surface area contributed by atoms with Crippen molar-refractivity contribution in [1.29, 1.82) is 0 Å². The van der Waals surface area contributed by atoms with Crippen molar-refractivity contribution in [2.24, 2.45) is 11.7 Å². The van der Waals surface area contributed by atoms with Gasteiger partial charge >= 0.3 is 5.97 Å². The highest BCUT2D eigenvalue weighted by Crippen LogP contribution is 2.23. The normalized spacial score (nSPS) is 22.0. The number of nitrogens with zero attached hydrogens (tertiary/aromatic N) is 1. The average Bonchev–Trinajstić information content (AvgIpc) is 2.49. The Morgan fingerprint density at radius 3 is 2.46 bits per heavy atom. The molecule has 0 saturated carbocycles. The maximum atomic E-state index is 11.7. The van der Waals surface area contributed by atoms with E-state index in [0.717, 1.165) is 0 Å². The molecule has 3 N–H and O–H groups in total. The van der Waals surface area contributed by atoms with E-state index in [1.165, 1.54) is 22.3 Å². The molecule has 24 heavy (non-hydrogen) atoms.